The smallest absolute Gasteiger partial charge is 0.120 e. The Morgan fingerprint density at radius 3 is 2.76 bits per heavy atom. The van der Waals surface area contributed by atoms with Gasteiger partial charge in [0.2, 0.25) is 0 Å². The summed E-state index contributed by atoms with van der Waals surface area (Å²) in [5.41, 5.74) is 3.14. The Kier molecular flexibility index (Phi) is 4.18. The van der Waals surface area contributed by atoms with Gasteiger partial charge in [-0.3, -0.25) is 0 Å². The van der Waals surface area contributed by atoms with Gasteiger partial charge in [-0.05, 0) is 68.1 Å². The Morgan fingerprint density at radius 2 is 2.00 bits per heavy atom. The van der Waals surface area contributed by atoms with E-state index in [1.807, 2.05) is 0 Å². The van der Waals surface area contributed by atoms with Gasteiger partial charge in [-0.15, -0.1) is 0 Å². The lowest BCUT2D eigenvalue weighted by Gasteiger charge is -2.32. The molecule has 0 aliphatic heterocycles. The second-order valence-electron chi connectivity index (χ2n) is 6.73. The first-order valence-corrected chi connectivity index (χ1v) is 8.18. The third-order valence-electron chi connectivity index (χ3n) is 5.23. The van der Waals surface area contributed by atoms with E-state index in [0.29, 0.717) is 6.10 Å². The molecular weight excluding hydrogens is 262 g/mol. The third-order valence-corrected chi connectivity index (χ3v) is 5.23. The van der Waals surface area contributed by atoms with Crippen molar-refractivity contribution in [3.8, 4) is 5.75 Å². The van der Waals surface area contributed by atoms with Gasteiger partial charge < -0.3 is 9.94 Å². The summed E-state index contributed by atoms with van der Waals surface area (Å²) in [6, 6.07) is 6.26. The van der Waals surface area contributed by atoms with Gasteiger partial charge >= 0.3 is 0 Å². The molecule has 2 aliphatic rings. The molecule has 114 valence electrons. The molecule has 0 aromatic heterocycles. The third kappa shape index (κ3) is 3.07. The first-order chi connectivity index (χ1) is 10.2. The predicted octanol–water partition coefficient (Wildman–Crippen LogP) is 4.40. The Balaban J connectivity index is 1.75. The number of oxime groups is 1. The van der Waals surface area contributed by atoms with Crippen molar-refractivity contribution in [3.05, 3.63) is 29.3 Å². The van der Waals surface area contributed by atoms with E-state index in [0.717, 1.165) is 61.0 Å². The standard InChI is InChI=1S/C18H25NO2/c1-12-6-8-15(10-13(12)2)21-16-9-7-14-4-3-5-18(19-20)17(14)11-16/h7,9,11-13,15,20H,3-6,8,10H2,1-2H3/b19-18-. The van der Waals surface area contributed by atoms with Crippen LogP contribution in [0.1, 0.15) is 57.1 Å². The molecule has 3 unspecified atom stereocenters. The van der Waals surface area contributed by atoms with E-state index in [2.05, 4.69) is 37.2 Å². The summed E-state index contributed by atoms with van der Waals surface area (Å²) in [6.07, 6.45) is 6.83. The van der Waals surface area contributed by atoms with E-state index in [1.165, 1.54) is 12.0 Å². The maximum Gasteiger partial charge on any atom is 0.120 e. The van der Waals surface area contributed by atoms with Crippen molar-refractivity contribution < 1.29 is 9.94 Å². The van der Waals surface area contributed by atoms with Gasteiger partial charge in [0.05, 0.1) is 11.8 Å². The maximum atomic E-state index is 9.16. The molecule has 0 saturated heterocycles. The van der Waals surface area contributed by atoms with Crippen LogP contribution >= 0.6 is 0 Å². The molecular formula is C18H25NO2. The number of fused-ring (bicyclic) bond motifs is 1. The number of ether oxygens (including phenoxy) is 1. The first kappa shape index (κ1) is 14.4. The predicted molar refractivity (Wildman–Crippen MR) is 84.3 cm³/mol. The second-order valence-corrected chi connectivity index (χ2v) is 6.73. The van der Waals surface area contributed by atoms with Gasteiger partial charge in [0, 0.05) is 5.56 Å². The van der Waals surface area contributed by atoms with Crippen molar-refractivity contribution in [2.75, 3.05) is 0 Å². The zero-order chi connectivity index (χ0) is 14.8. The highest BCUT2D eigenvalue weighted by Crippen LogP contribution is 2.33. The topological polar surface area (TPSA) is 41.8 Å². The number of aryl methyl sites for hydroxylation is 1. The van der Waals surface area contributed by atoms with E-state index in [1.54, 1.807) is 0 Å². The van der Waals surface area contributed by atoms with E-state index < -0.39 is 0 Å². The summed E-state index contributed by atoms with van der Waals surface area (Å²) in [5.74, 6) is 2.46. The SMILES string of the molecule is CC1CCC(Oc2ccc3c(c2)/C(=N\O)CCC3)CC1C. The Labute approximate surface area is 127 Å². The summed E-state index contributed by atoms with van der Waals surface area (Å²) in [6.45, 7) is 4.66. The lowest BCUT2D eigenvalue weighted by Crippen LogP contribution is -2.28. The number of hydrogen-bond acceptors (Lipinski definition) is 3. The molecule has 0 radical (unpaired) electrons. The van der Waals surface area contributed by atoms with E-state index in [9.17, 15) is 0 Å². The minimum Gasteiger partial charge on any atom is -0.490 e. The first-order valence-electron chi connectivity index (χ1n) is 8.18. The average molecular weight is 287 g/mol. The highest BCUT2D eigenvalue weighted by atomic mass is 16.5. The monoisotopic (exact) mass is 287 g/mol. The van der Waals surface area contributed by atoms with E-state index in [4.69, 9.17) is 9.94 Å². The Hall–Kier alpha value is -1.51. The van der Waals surface area contributed by atoms with Crippen LogP contribution < -0.4 is 4.74 Å². The number of hydrogen-bond donors (Lipinski definition) is 1. The molecule has 0 heterocycles. The largest absolute Gasteiger partial charge is 0.490 e. The van der Waals surface area contributed by atoms with Crippen molar-refractivity contribution >= 4 is 5.71 Å². The quantitative estimate of drug-likeness (QED) is 0.647. The fourth-order valence-electron chi connectivity index (χ4n) is 3.60. The summed E-state index contributed by atoms with van der Waals surface area (Å²) >= 11 is 0. The normalized spacial score (nSPS) is 31.0. The van der Waals surface area contributed by atoms with Crippen molar-refractivity contribution in [2.45, 2.75) is 58.5 Å². The molecule has 3 heteroatoms. The van der Waals surface area contributed by atoms with Crippen molar-refractivity contribution in [2.24, 2.45) is 17.0 Å². The minimum absolute atomic E-state index is 0.326. The highest BCUT2D eigenvalue weighted by Gasteiger charge is 2.26. The van der Waals surface area contributed by atoms with Crippen LogP contribution in [0, 0.1) is 11.8 Å². The number of nitrogens with zero attached hydrogens (tertiary/aromatic N) is 1. The maximum absolute atomic E-state index is 9.16. The van der Waals surface area contributed by atoms with Gasteiger partial charge in [-0.25, -0.2) is 0 Å². The van der Waals surface area contributed by atoms with Crippen LogP contribution in [0.5, 0.6) is 5.75 Å². The van der Waals surface area contributed by atoms with E-state index >= 15 is 0 Å². The summed E-state index contributed by atoms with van der Waals surface area (Å²) < 4.78 is 6.20. The second kappa shape index (κ2) is 6.08. The van der Waals surface area contributed by atoms with Crippen LogP contribution in [0.3, 0.4) is 0 Å². The zero-order valence-electron chi connectivity index (χ0n) is 13.0. The van der Waals surface area contributed by atoms with Gasteiger partial charge in [0.15, 0.2) is 0 Å². The van der Waals surface area contributed by atoms with Crippen molar-refractivity contribution in [1.29, 1.82) is 0 Å². The molecule has 1 aromatic carbocycles. The van der Waals surface area contributed by atoms with Crippen molar-refractivity contribution in [3.63, 3.8) is 0 Å². The van der Waals surface area contributed by atoms with Gasteiger partial charge in [-0.1, -0.05) is 25.1 Å². The number of rotatable bonds is 2. The molecule has 1 saturated carbocycles. The molecule has 21 heavy (non-hydrogen) atoms. The molecule has 3 atom stereocenters. The van der Waals surface area contributed by atoms with Crippen LogP contribution in [0.2, 0.25) is 0 Å². The van der Waals surface area contributed by atoms with Gasteiger partial charge in [0.25, 0.3) is 0 Å². The fourth-order valence-corrected chi connectivity index (χ4v) is 3.60. The van der Waals surface area contributed by atoms with Crippen LogP contribution in [-0.4, -0.2) is 17.0 Å². The van der Waals surface area contributed by atoms with Crippen molar-refractivity contribution in [1.82, 2.24) is 0 Å². The molecule has 0 amide bonds. The zero-order valence-corrected chi connectivity index (χ0v) is 13.0. The van der Waals surface area contributed by atoms with Gasteiger partial charge in [-0.2, -0.15) is 0 Å². The Bertz CT molecular complexity index is 538. The van der Waals surface area contributed by atoms with E-state index in [-0.39, 0.29) is 0 Å². The molecule has 2 aliphatic carbocycles. The van der Waals surface area contributed by atoms with Gasteiger partial charge in [0.1, 0.15) is 5.75 Å². The fraction of sp³-hybridized carbons (Fsp3) is 0.611. The molecule has 3 nitrogen and oxygen atoms in total. The molecule has 0 bridgehead atoms. The average Bonchev–Trinajstić information content (AvgIpc) is 2.50. The lowest BCUT2D eigenvalue weighted by molar-refractivity contribution is 0.101. The Morgan fingerprint density at radius 1 is 1.14 bits per heavy atom. The summed E-state index contributed by atoms with van der Waals surface area (Å²) in [4.78, 5) is 0. The molecule has 1 fully saturated rings. The molecule has 1 N–H and O–H groups in total. The van der Waals surface area contributed by atoms with Crippen LogP contribution in [-0.2, 0) is 6.42 Å². The highest BCUT2D eigenvalue weighted by molar-refractivity contribution is 6.02. The molecule has 0 spiro atoms. The van der Waals surface area contributed by atoms with Crippen LogP contribution in [0.4, 0.5) is 0 Å². The minimum atomic E-state index is 0.326. The lowest BCUT2D eigenvalue weighted by atomic mass is 9.80. The summed E-state index contributed by atoms with van der Waals surface area (Å²) in [7, 11) is 0. The molecule has 3 rings (SSSR count). The van der Waals surface area contributed by atoms with Crippen LogP contribution in [0.25, 0.3) is 0 Å². The van der Waals surface area contributed by atoms with Crippen LogP contribution in [0.15, 0.2) is 23.4 Å². The summed E-state index contributed by atoms with van der Waals surface area (Å²) in [5, 5.41) is 12.6. The molecule has 1 aromatic rings. The number of benzene rings is 1.